The molecule has 100 valence electrons. The quantitative estimate of drug-likeness (QED) is 0.703. The van der Waals surface area contributed by atoms with E-state index < -0.39 is 5.69 Å². The molecule has 1 fully saturated rings. The van der Waals surface area contributed by atoms with E-state index in [0.717, 1.165) is 28.5 Å². The van der Waals surface area contributed by atoms with Gasteiger partial charge >= 0.3 is 5.69 Å². The Labute approximate surface area is 105 Å². The number of hydrogen-bond acceptors (Lipinski definition) is 5. The number of nitrogens with zero attached hydrogens (tertiary/aromatic N) is 3. The number of nitrogens with one attached hydrogen (secondary N) is 1. The number of aryl methyl sites for hydroxylation is 1. The van der Waals surface area contributed by atoms with Crippen LogP contribution < -0.4 is 22.3 Å². The van der Waals surface area contributed by atoms with Crippen LogP contribution in [0.5, 0.6) is 0 Å². The Morgan fingerprint density at radius 2 is 2.06 bits per heavy atom. The van der Waals surface area contributed by atoms with Gasteiger partial charge in [-0.3, -0.25) is 9.36 Å². The zero-order chi connectivity index (χ0) is 13.3. The van der Waals surface area contributed by atoms with Gasteiger partial charge in [0.2, 0.25) is 5.82 Å². The van der Waals surface area contributed by atoms with Crippen molar-refractivity contribution in [2.45, 2.75) is 19.3 Å². The molecule has 0 spiro atoms. The summed E-state index contributed by atoms with van der Waals surface area (Å²) in [5.74, 6) is 0.225. The third-order valence-electron chi connectivity index (χ3n) is 3.58. The van der Waals surface area contributed by atoms with E-state index in [1.807, 2.05) is 0 Å². The molecule has 1 aromatic rings. The zero-order valence-electron chi connectivity index (χ0n) is 10.8. The molecule has 3 N–H and O–H groups in total. The van der Waals surface area contributed by atoms with Gasteiger partial charge in [-0.1, -0.05) is 0 Å². The van der Waals surface area contributed by atoms with Gasteiger partial charge in [-0.05, 0) is 31.2 Å². The maximum atomic E-state index is 11.8. The second-order valence-corrected chi connectivity index (χ2v) is 5.01. The van der Waals surface area contributed by atoms with Crippen LogP contribution in [0.4, 0.5) is 5.82 Å². The van der Waals surface area contributed by atoms with Crippen molar-refractivity contribution in [2.75, 3.05) is 18.4 Å². The van der Waals surface area contributed by atoms with Crippen LogP contribution in [-0.4, -0.2) is 27.4 Å². The molecule has 18 heavy (non-hydrogen) atoms. The predicted octanol–water partition coefficient (Wildman–Crippen LogP) is -0.980. The monoisotopic (exact) mass is 253 g/mol. The molecular weight excluding hydrogens is 234 g/mol. The van der Waals surface area contributed by atoms with Crippen molar-refractivity contribution >= 4 is 5.82 Å². The highest BCUT2D eigenvalue weighted by molar-refractivity contribution is 5.30. The Balaban J connectivity index is 2.16. The van der Waals surface area contributed by atoms with Crippen molar-refractivity contribution in [3.8, 4) is 0 Å². The molecule has 1 aliphatic rings. The summed E-state index contributed by atoms with van der Waals surface area (Å²) in [7, 11) is 2.98. The smallest absolute Gasteiger partial charge is 0.346 e. The van der Waals surface area contributed by atoms with Crippen molar-refractivity contribution in [3.05, 3.63) is 20.8 Å². The lowest BCUT2D eigenvalue weighted by Gasteiger charge is -2.15. The molecule has 0 aliphatic heterocycles. The molecule has 0 aromatic carbocycles. The Bertz CT molecular complexity index is 556. The molecule has 7 heteroatoms. The summed E-state index contributed by atoms with van der Waals surface area (Å²) < 4.78 is 2.21. The third kappa shape index (κ3) is 2.31. The number of nitrogens with two attached hydrogens (primary N) is 1. The molecule has 1 heterocycles. The van der Waals surface area contributed by atoms with Gasteiger partial charge in [0.25, 0.3) is 5.56 Å². The van der Waals surface area contributed by atoms with Gasteiger partial charge in [0.05, 0.1) is 0 Å². The first kappa shape index (κ1) is 12.8. The molecule has 1 saturated carbocycles. The van der Waals surface area contributed by atoms with Gasteiger partial charge in [0.15, 0.2) is 0 Å². The van der Waals surface area contributed by atoms with E-state index in [1.54, 1.807) is 0 Å². The average molecular weight is 253 g/mol. The maximum absolute atomic E-state index is 11.8. The lowest BCUT2D eigenvalue weighted by molar-refractivity contribution is 0.497. The summed E-state index contributed by atoms with van der Waals surface area (Å²) in [6.45, 7) is 1.34. The Kier molecular flexibility index (Phi) is 3.25. The predicted molar refractivity (Wildman–Crippen MR) is 68.5 cm³/mol. The summed E-state index contributed by atoms with van der Waals surface area (Å²) in [6, 6.07) is 0. The van der Waals surface area contributed by atoms with Crippen LogP contribution in [0.15, 0.2) is 9.59 Å². The van der Waals surface area contributed by atoms with Gasteiger partial charge in [-0.15, -0.1) is 5.10 Å². The fraction of sp³-hybridized carbons (Fsp3) is 0.727. The topological polar surface area (TPSA) is 94.9 Å². The number of aromatic nitrogens is 3. The first-order chi connectivity index (χ1) is 8.49. The van der Waals surface area contributed by atoms with E-state index in [-0.39, 0.29) is 16.8 Å². The molecule has 0 atom stereocenters. The van der Waals surface area contributed by atoms with Crippen molar-refractivity contribution in [1.82, 2.24) is 14.3 Å². The number of rotatable bonds is 5. The molecule has 2 rings (SSSR count). The molecule has 1 aliphatic carbocycles. The molecule has 0 unspecified atom stereocenters. The molecule has 0 saturated heterocycles. The summed E-state index contributed by atoms with van der Waals surface area (Å²) in [4.78, 5) is 23.3. The summed E-state index contributed by atoms with van der Waals surface area (Å²) >= 11 is 0. The highest BCUT2D eigenvalue weighted by Crippen LogP contribution is 2.48. The minimum absolute atomic E-state index is 0.218. The minimum atomic E-state index is -0.423. The normalized spacial score (nSPS) is 16.6. The van der Waals surface area contributed by atoms with E-state index in [2.05, 4.69) is 10.4 Å². The van der Waals surface area contributed by atoms with E-state index in [4.69, 9.17) is 5.73 Å². The van der Waals surface area contributed by atoms with Crippen LogP contribution in [0.1, 0.15) is 19.3 Å². The second kappa shape index (κ2) is 4.56. The first-order valence-corrected chi connectivity index (χ1v) is 6.07. The summed E-state index contributed by atoms with van der Waals surface area (Å²) in [5, 5.41) is 7.00. The molecule has 1 aromatic heterocycles. The molecule has 0 amide bonds. The van der Waals surface area contributed by atoms with Crippen molar-refractivity contribution in [3.63, 3.8) is 0 Å². The highest BCUT2D eigenvalue weighted by atomic mass is 16.2. The highest BCUT2D eigenvalue weighted by Gasteiger charge is 2.41. The molecule has 0 radical (unpaired) electrons. The van der Waals surface area contributed by atoms with E-state index in [0.29, 0.717) is 13.1 Å². The Morgan fingerprint density at radius 1 is 1.39 bits per heavy atom. The van der Waals surface area contributed by atoms with Crippen LogP contribution in [0.3, 0.4) is 0 Å². The van der Waals surface area contributed by atoms with E-state index in [1.165, 1.54) is 14.1 Å². The van der Waals surface area contributed by atoms with Gasteiger partial charge in [0, 0.05) is 20.6 Å². The average Bonchev–Trinajstić information content (AvgIpc) is 3.10. The molecular formula is C11H19N5O2. The number of anilines is 1. The largest absolute Gasteiger partial charge is 0.363 e. The summed E-state index contributed by atoms with van der Waals surface area (Å²) in [5.41, 5.74) is 4.98. The van der Waals surface area contributed by atoms with Crippen molar-refractivity contribution in [1.29, 1.82) is 0 Å². The lowest BCUT2D eigenvalue weighted by Crippen LogP contribution is -2.40. The standard InChI is InChI=1S/C11H19N5O2/c1-15-9(17)8(14-16(2)10(15)18)13-7-11(3-4-11)5-6-12/h3-7,12H2,1-2H3,(H,13,14). The lowest BCUT2D eigenvalue weighted by atomic mass is 10.0. The zero-order valence-corrected chi connectivity index (χ0v) is 10.8. The van der Waals surface area contributed by atoms with Crippen LogP contribution in [0.25, 0.3) is 0 Å². The van der Waals surface area contributed by atoms with Crippen LogP contribution in [0.2, 0.25) is 0 Å². The van der Waals surface area contributed by atoms with Gasteiger partial charge in [-0.25, -0.2) is 9.48 Å². The third-order valence-corrected chi connectivity index (χ3v) is 3.58. The fourth-order valence-corrected chi connectivity index (χ4v) is 2.08. The van der Waals surface area contributed by atoms with E-state index >= 15 is 0 Å². The number of hydrogen-bond donors (Lipinski definition) is 2. The van der Waals surface area contributed by atoms with E-state index in [9.17, 15) is 9.59 Å². The SMILES string of the molecule is Cn1nc(NCC2(CCN)CC2)c(=O)n(C)c1=O. The molecule has 0 bridgehead atoms. The van der Waals surface area contributed by atoms with Crippen molar-refractivity contribution in [2.24, 2.45) is 25.2 Å². The Hall–Kier alpha value is -1.63. The van der Waals surface area contributed by atoms with Gasteiger partial charge < -0.3 is 11.1 Å². The van der Waals surface area contributed by atoms with Crippen LogP contribution in [-0.2, 0) is 14.1 Å². The van der Waals surface area contributed by atoms with Crippen LogP contribution >= 0.6 is 0 Å². The first-order valence-electron chi connectivity index (χ1n) is 6.07. The Morgan fingerprint density at radius 3 is 2.61 bits per heavy atom. The second-order valence-electron chi connectivity index (χ2n) is 5.01. The minimum Gasteiger partial charge on any atom is -0.363 e. The van der Waals surface area contributed by atoms with Gasteiger partial charge in [-0.2, -0.15) is 0 Å². The van der Waals surface area contributed by atoms with Crippen molar-refractivity contribution < 1.29 is 0 Å². The van der Waals surface area contributed by atoms with Crippen LogP contribution in [0, 0.1) is 5.41 Å². The summed E-state index contributed by atoms with van der Waals surface area (Å²) in [6.07, 6.45) is 3.21. The molecule has 7 nitrogen and oxygen atoms in total. The fourth-order valence-electron chi connectivity index (χ4n) is 2.08. The van der Waals surface area contributed by atoms with Gasteiger partial charge in [0.1, 0.15) is 0 Å². The maximum Gasteiger partial charge on any atom is 0.346 e.